The summed E-state index contributed by atoms with van der Waals surface area (Å²) < 4.78 is 7.42. The van der Waals surface area contributed by atoms with Gasteiger partial charge in [0, 0.05) is 36.9 Å². The summed E-state index contributed by atoms with van der Waals surface area (Å²) in [7, 11) is 0. The SMILES string of the molecule is CCCn1cnnc1CNC(=O)C1CCc2sc(N3CCOCC3)nc2C1. The van der Waals surface area contributed by atoms with Gasteiger partial charge in [-0.1, -0.05) is 6.92 Å². The van der Waals surface area contributed by atoms with E-state index in [1.54, 1.807) is 17.7 Å². The molecule has 2 aliphatic rings. The zero-order valence-corrected chi connectivity index (χ0v) is 16.5. The van der Waals surface area contributed by atoms with E-state index in [4.69, 9.17) is 9.72 Å². The maximum absolute atomic E-state index is 12.7. The van der Waals surface area contributed by atoms with Crippen LogP contribution in [-0.4, -0.2) is 52.0 Å². The van der Waals surface area contributed by atoms with Gasteiger partial charge in [0.05, 0.1) is 25.5 Å². The van der Waals surface area contributed by atoms with E-state index in [9.17, 15) is 4.79 Å². The van der Waals surface area contributed by atoms with Crippen molar-refractivity contribution >= 4 is 22.4 Å². The predicted octanol–water partition coefficient (Wildman–Crippen LogP) is 1.40. The maximum atomic E-state index is 12.7. The molecule has 0 bridgehead atoms. The van der Waals surface area contributed by atoms with Gasteiger partial charge in [0.2, 0.25) is 5.91 Å². The lowest BCUT2D eigenvalue weighted by atomic mass is 9.90. The Morgan fingerprint density at radius 3 is 3.07 bits per heavy atom. The van der Waals surface area contributed by atoms with Crippen molar-refractivity contribution in [1.29, 1.82) is 0 Å². The second-order valence-corrected chi connectivity index (χ2v) is 8.13. The summed E-state index contributed by atoms with van der Waals surface area (Å²) in [6, 6.07) is 0. The number of fused-ring (bicyclic) bond motifs is 1. The number of hydrogen-bond donors (Lipinski definition) is 1. The van der Waals surface area contributed by atoms with Crippen LogP contribution in [0.25, 0.3) is 0 Å². The average Bonchev–Trinajstić information content (AvgIpc) is 3.33. The van der Waals surface area contributed by atoms with Crippen LogP contribution in [0.15, 0.2) is 6.33 Å². The Kier molecular flexibility index (Phi) is 5.68. The molecule has 1 saturated heterocycles. The molecule has 1 fully saturated rings. The lowest BCUT2D eigenvalue weighted by molar-refractivity contribution is -0.125. The van der Waals surface area contributed by atoms with E-state index >= 15 is 0 Å². The fourth-order valence-corrected chi connectivity index (χ4v) is 4.79. The number of morpholine rings is 1. The minimum atomic E-state index is -0.0142. The number of ether oxygens (including phenoxy) is 1. The standard InChI is InChI=1S/C18H26N6O2S/c1-2-5-24-12-20-22-16(24)11-19-17(25)13-3-4-15-14(10-13)21-18(27-15)23-6-8-26-9-7-23/h12-13H,2-11H2,1H3,(H,19,25). The fourth-order valence-electron chi connectivity index (χ4n) is 3.63. The second kappa shape index (κ2) is 8.35. The van der Waals surface area contributed by atoms with Crippen LogP contribution >= 0.6 is 11.3 Å². The third-order valence-electron chi connectivity index (χ3n) is 5.16. The molecule has 8 nitrogen and oxygen atoms in total. The first kappa shape index (κ1) is 18.4. The van der Waals surface area contributed by atoms with Gasteiger partial charge in [-0.25, -0.2) is 4.98 Å². The van der Waals surface area contributed by atoms with Crippen LogP contribution in [0.5, 0.6) is 0 Å². The van der Waals surface area contributed by atoms with Crippen molar-refractivity contribution in [2.75, 3.05) is 31.2 Å². The Morgan fingerprint density at radius 1 is 1.41 bits per heavy atom. The highest BCUT2D eigenvalue weighted by atomic mass is 32.1. The van der Waals surface area contributed by atoms with Crippen molar-refractivity contribution in [2.24, 2.45) is 5.92 Å². The molecule has 3 heterocycles. The van der Waals surface area contributed by atoms with Gasteiger partial charge in [-0.3, -0.25) is 4.79 Å². The number of thiazole rings is 1. The number of amides is 1. The number of nitrogens with one attached hydrogen (secondary N) is 1. The van der Waals surface area contributed by atoms with Gasteiger partial charge in [-0.05, 0) is 19.3 Å². The maximum Gasteiger partial charge on any atom is 0.223 e. The highest BCUT2D eigenvalue weighted by Gasteiger charge is 2.29. The minimum Gasteiger partial charge on any atom is -0.378 e. The van der Waals surface area contributed by atoms with Crippen molar-refractivity contribution < 1.29 is 9.53 Å². The summed E-state index contributed by atoms with van der Waals surface area (Å²) in [4.78, 5) is 21.1. The van der Waals surface area contributed by atoms with E-state index in [1.165, 1.54) is 4.88 Å². The number of aromatic nitrogens is 4. The molecule has 1 amide bonds. The van der Waals surface area contributed by atoms with Gasteiger partial charge < -0.3 is 19.5 Å². The van der Waals surface area contributed by atoms with Gasteiger partial charge in [-0.2, -0.15) is 0 Å². The summed E-state index contributed by atoms with van der Waals surface area (Å²) in [5.41, 5.74) is 1.10. The van der Waals surface area contributed by atoms with E-state index in [0.717, 1.165) is 75.2 Å². The molecule has 1 atom stereocenters. The molecule has 146 valence electrons. The molecule has 1 aliphatic carbocycles. The van der Waals surface area contributed by atoms with Crippen molar-refractivity contribution in [2.45, 2.75) is 45.7 Å². The monoisotopic (exact) mass is 390 g/mol. The topological polar surface area (TPSA) is 85.2 Å². The molecule has 0 spiro atoms. The quantitative estimate of drug-likeness (QED) is 0.803. The minimum absolute atomic E-state index is 0.0142. The van der Waals surface area contributed by atoms with Crippen molar-refractivity contribution in [3.8, 4) is 0 Å². The second-order valence-electron chi connectivity index (χ2n) is 7.06. The molecule has 0 saturated carbocycles. The van der Waals surface area contributed by atoms with Crippen molar-refractivity contribution in [1.82, 2.24) is 25.1 Å². The number of anilines is 1. The Bertz CT molecular complexity index is 783. The Morgan fingerprint density at radius 2 is 2.26 bits per heavy atom. The lowest BCUT2D eigenvalue weighted by Crippen LogP contribution is -2.36. The van der Waals surface area contributed by atoms with Gasteiger partial charge in [0.1, 0.15) is 6.33 Å². The van der Waals surface area contributed by atoms with E-state index in [0.29, 0.717) is 6.54 Å². The Labute approximate surface area is 162 Å². The summed E-state index contributed by atoms with van der Waals surface area (Å²) in [5, 5.41) is 12.2. The molecule has 1 aliphatic heterocycles. The Hall–Kier alpha value is -2.00. The Balaban J connectivity index is 1.35. The molecule has 2 aromatic rings. The zero-order valence-electron chi connectivity index (χ0n) is 15.7. The molecule has 27 heavy (non-hydrogen) atoms. The molecule has 1 unspecified atom stereocenters. The van der Waals surface area contributed by atoms with Crippen LogP contribution in [0.2, 0.25) is 0 Å². The van der Waals surface area contributed by atoms with E-state index in [-0.39, 0.29) is 11.8 Å². The van der Waals surface area contributed by atoms with Crippen molar-refractivity contribution in [3.63, 3.8) is 0 Å². The highest BCUT2D eigenvalue weighted by molar-refractivity contribution is 7.15. The summed E-state index contributed by atoms with van der Waals surface area (Å²) in [6.07, 6.45) is 5.27. The summed E-state index contributed by atoms with van der Waals surface area (Å²) >= 11 is 1.78. The summed E-state index contributed by atoms with van der Waals surface area (Å²) in [5.74, 6) is 0.886. The third kappa shape index (κ3) is 4.14. The lowest BCUT2D eigenvalue weighted by Gasteiger charge is -2.26. The van der Waals surface area contributed by atoms with E-state index in [2.05, 4.69) is 27.3 Å². The van der Waals surface area contributed by atoms with Crippen LogP contribution in [0.4, 0.5) is 5.13 Å². The van der Waals surface area contributed by atoms with Crippen LogP contribution < -0.4 is 10.2 Å². The van der Waals surface area contributed by atoms with Crippen LogP contribution in [-0.2, 0) is 35.5 Å². The molecule has 0 radical (unpaired) electrons. The van der Waals surface area contributed by atoms with Crippen LogP contribution in [0.3, 0.4) is 0 Å². The number of carbonyl (C=O) groups is 1. The molecular weight excluding hydrogens is 364 g/mol. The fraction of sp³-hybridized carbons (Fsp3) is 0.667. The van der Waals surface area contributed by atoms with Gasteiger partial charge in [0.15, 0.2) is 11.0 Å². The normalized spacial score (nSPS) is 19.7. The van der Waals surface area contributed by atoms with E-state index < -0.39 is 0 Å². The molecule has 2 aromatic heterocycles. The predicted molar refractivity (Wildman–Crippen MR) is 103 cm³/mol. The van der Waals surface area contributed by atoms with E-state index in [1.807, 2.05) is 4.57 Å². The molecule has 0 aromatic carbocycles. The van der Waals surface area contributed by atoms with Crippen LogP contribution in [0.1, 0.15) is 36.2 Å². The first-order valence-corrected chi connectivity index (χ1v) is 10.5. The number of rotatable bonds is 6. The van der Waals surface area contributed by atoms with Crippen LogP contribution in [0, 0.1) is 5.92 Å². The number of hydrogen-bond acceptors (Lipinski definition) is 7. The summed E-state index contributed by atoms with van der Waals surface area (Å²) in [6.45, 7) is 6.73. The number of nitrogens with zero attached hydrogens (tertiary/aromatic N) is 5. The number of carbonyl (C=O) groups excluding carboxylic acids is 1. The van der Waals surface area contributed by atoms with Gasteiger partial charge in [0.25, 0.3) is 0 Å². The molecule has 4 rings (SSSR count). The molecule has 9 heteroatoms. The smallest absolute Gasteiger partial charge is 0.223 e. The zero-order chi connectivity index (χ0) is 18.6. The third-order valence-corrected chi connectivity index (χ3v) is 6.38. The average molecular weight is 391 g/mol. The highest BCUT2D eigenvalue weighted by Crippen LogP contribution is 2.34. The molecule has 1 N–H and O–H groups in total. The largest absolute Gasteiger partial charge is 0.378 e. The first-order chi connectivity index (χ1) is 13.2. The first-order valence-electron chi connectivity index (χ1n) is 9.70. The van der Waals surface area contributed by atoms with Crippen molar-refractivity contribution in [3.05, 3.63) is 22.7 Å². The van der Waals surface area contributed by atoms with Gasteiger partial charge in [-0.15, -0.1) is 21.5 Å². The number of aryl methyl sites for hydroxylation is 2. The van der Waals surface area contributed by atoms with Gasteiger partial charge >= 0.3 is 0 Å². The molecular formula is C18H26N6O2S.